The van der Waals surface area contributed by atoms with Crippen LogP contribution in [0.15, 0.2) is 48.8 Å². The molecule has 4 heteroatoms. The standard InChI is InChI=1S/C17H18N4/c1-2-5-14(6-3-1)7-11-20-12-8-15-16(13-20)21-10-4-9-18-17(21)19-15/h1-6,9-10H,7-8,11-13H2. The molecule has 2 aromatic heterocycles. The summed E-state index contributed by atoms with van der Waals surface area (Å²) in [4.78, 5) is 11.5. The molecule has 3 heterocycles. The van der Waals surface area contributed by atoms with Crippen LogP contribution >= 0.6 is 0 Å². The van der Waals surface area contributed by atoms with E-state index in [2.05, 4.69) is 55.8 Å². The molecule has 0 unspecified atom stereocenters. The van der Waals surface area contributed by atoms with Gasteiger partial charge in [-0.2, -0.15) is 0 Å². The molecule has 4 nitrogen and oxygen atoms in total. The Labute approximate surface area is 124 Å². The number of benzene rings is 1. The maximum atomic E-state index is 4.63. The maximum Gasteiger partial charge on any atom is 0.234 e. The van der Waals surface area contributed by atoms with E-state index in [4.69, 9.17) is 0 Å². The molecule has 1 aliphatic heterocycles. The molecule has 1 aromatic carbocycles. The van der Waals surface area contributed by atoms with E-state index in [1.54, 1.807) is 6.20 Å². The van der Waals surface area contributed by atoms with E-state index < -0.39 is 0 Å². The first-order valence-electron chi connectivity index (χ1n) is 7.47. The molecule has 3 aromatic rings. The van der Waals surface area contributed by atoms with Crippen molar-refractivity contribution in [1.82, 2.24) is 19.3 Å². The molecule has 0 spiro atoms. The van der Waals surface area contributed by atoms with E-state index in [1.165, 1.54) is 17.0 Å². The SMILES string of the molecule is c1ccc(CCN2CCc3nc4ncccn4c3C2)cc1. The van der Waals surface area contributed by atoms with Crippen molar-refractivity contribution in [3.63, 3.8) is 0 Å². The first-order chi connectivity index (χ1) is 10.4. The Morgan fingerprint density at radius 3 is 2.90 bits per heavy atom. The summed E-state index contributed by atoms with van der Waals surface area (Å²) in [5.41, 5.74) is 3.92. The minimum absolute atomic E-state index is 0.826. The fraction of sp³-hybridized carbons (Fsp3) is 0.294. The molecule has 0 saturated carbocycles. The molecule has 4 rings (SSSR count). The third-order valence-corrected chi connectivity index (χ3v) is 4.18. The summed E-state index contributed by atoms with van der Waals surface area (Å²) in [5, 5.41) is 0. The van der Waals surface area contributed by atoms with Crippen molar-refractivity contribution in [2.24, 2.45) is 0 Å². The van der Waals surface area contributed by atoms with Crippen LogP contribution in [0, 0.1) is 0 Å². The number of aromatic nitrogens is 3. The number of nitrogens with zero attached hydrogens (tertiary/aromatic N) is 4. The summed E-state index contributed by atoms with van der Waals surface area (Å²) in [7, 11) is 0. The van der Waals surface area contributed by atoms with Crippen LogP contribution in [0.4, 0.5) is 0 Å². The molecular weight excluding hydrogens is 260 g/mol. The molecule has 0 aliphatic carbocycles. The van der Waals surface area contributed by atoms with Crippen molar-refractivity contribution in [1.29, 1.82) is 0 Å². The predicted molar refractivity (Wildman–Crippen MR) is 82.1 cm³/mol. The topological polar surface area (TPSA) is 33.4 Å². The van der Waals surface area contributed by atoms with Gasteiger partial charge in [0.1, 0.15) is 0 Å². The molecule has 0 bridgehead atoms. The minimum atomic E-state index is 0.826. The molecule has 106 valence electrons. The molecule has 1 aliphatic rings. The van der Waals surface area contributed by atoms with Gasteiger partial charge in [-0.3, -0.25) is 9.30 Å². The normalized spacial score (nSPS) is 15.2. The van der Waals surface area contributed by atoms with E-state index in [-0.39, 0.29) is 0 Å². The van der Waals surface area contributed by atoms with E-state index in [0.717, 1.165) is 38.3 Å². The lowest BCUT2D eigenvalue weighted by molar-refractivity contribution is 0.252. The smallest absolute Gasteiger partial charge is 0.234 e. The zero-order chi connectivity index (χ0) is 14.1. The highest BCUT2D eigenvalue weighted by atomic mass is 15.2. The van der Waals surface area contributed by atoms with Gasteiger partial charge in [-0.05, 0) is 18.1 Å². The van der Waals surface area contributed by atoms with Crippen LogP contribution in [-0.2, 0) is 19.4 Å². The monoisotopic (exact) mass is 278 g/mol. The molecular formula is C17H18N4. The fourth-order valence-corrected chi connectivity index (χ4v) is 3.03. The van der Waals surface area contributed by atoms with E-state index in [0.29, 0.717) is 0 Å². The summed E-state index contributed by atoms with van der Waals surface area (Å²) < 4.78 is 2.13. The summed E-state index contributed by atoms with van der Waals surface area (Å²) >= 11 is 0. The van der Waals surface area contributed by atoms with Crippen molar-refractivity contribution < 1.29 is 0 Å². The first-order valence-corrected chi connectivity index (χ1v) is 7.47. The molecule has 0 atom stereocenters. The minimum Gasteiger partial charge on any atom is -0.297 e. The van der Waals surface area contributed by atoms with Gasteiger partial charge >= 0.3 is 0 Å². The number of fused-ring (bicyclic) bond motifs is 3. The van der Waals surface area contributed by atoms with E-state index in [9.17, 15) is 0 Å². The molecule has 21 heavy (non-hydrogen) atoms. The second-order valence-corrected chi connectivity index (χ2v) is 5.56. The van der Waals surface area contributed by atoms with Crippen LogP contribution in [0.1, 0.15) is 17.0 Å². The quantitative estimate of drug-likeness (QED) is 0.737. The highest BCUT2D eigenvalue weighted by Crippen LogP contribution is 2.19. The van der Waals surface area contributed by atoms with Gasteiger partial charge in [0, 0.05) is 38.4 Å². The van der Waals surface area contributed by atoms with Gasteiger partial charge in [0.2, 0.25) is 5.78 Å². The Kier molecular flexibility index (Phi) is 3.16. The molecule has 0 saturated heterocycles. The highest BCUT2D eigenvalue weighted by Gasteiger charge is 2.21. The lowest BCUT2D eigenvalue weighted by Crippen LogP contribution is -2.32. The van der Waals surface area contributed by atoms with Gasteiger partial charge in [0.25, 0.3) is 0 Å². The van der Waals surface area contributed by atoms with Crippen LogP contribution < -0.4 is 0 Å². The van der Waals surface area contributed by atoms with Crippen LogP contribution in [0.2, 0.25) is 0 Å². The zero-order valence-corrected chi connectivity index (χ0v) is 11.9. The van der Waals surface area contributed by atoms with Crippen molar-refractivity contribution in [2.75, 3.05) is 13.1 Å². The summed E-state index contributed by atoms with van der Waals surface area (Å²) in [5.74, 6) is 0.826. The van der Waals surface area contributed by atoms with Gasteiger partial charge in [0.15, 0.2) is 0 Å². The third kappa shape index (κ3) is 2.43. The highest BCUT2D eigenvalue weighted by molar-refractivity contribution is 5.36. The Balaban J connectivity index is 1.51. The van der Waals surface area contributed by atoms with Crippen LogP contribution in [0.5, 0.6) is 0 Å². The predicted octanol–water partition coefficient (Wildman–Crippen LogP) is 2.33. The third-order valence-electron chi connectivity index (χ3n) is 4.18. The summed E-state index contributed by atoms with van der Waals surface area (Å²) in [6.07, 6.45) is 5.99. The van der Waals surface area contributed by atoms with Crippen LogP contribution in [0.25, 0.3) is 5.78 Å². The zero-order valence-electron chi connectivity index (χ0n) is 11.9. The largest absolute Gasteiger partial charge is 0.297 e. The Hall–Kier alpha value is -2.20. The van der Waals surface area contributed by atoms with Gasteiger partial charge in [-0.25, -0.2) is 9.97 Å². The van der Waals surface area contributed by atoms with Crippen molar-refractivity contribution in [2.45, 2.75) is 19.4 Å². The van der Waals surface area contributed by atoms with Gasteiger partial charge in [-0.1, -0.05) is 30.3 Å². The van der Waals surface area contributed by atoms with Gasteiger partial charge in [0.05, 0.1) is 11.4 Å². The number of hydrogen-bond donors (Lipinski definition) is 0. The Bertz CT molecular complexity index is 748. The van der Waals surface area contributed by atoms with Crippen molar-refractivity contribution in [3.05, 3.63) is 65.7 Å². The summed E-state index contributed by atoms with van der Waals surface area (Å²) in [6.45, 7) is 3.15. The molecule has 0 amide bonds. The van der Waals surface area contributed by atoms with Crippen LogP contribution in [0.3, 0.4) is 0 Å². The van der Waals surface area contributed by atoms with Gasteiger partial charge < -0.3 is 0 Å². The van der Waals surface area contributed by atoms with Crippen molar-refractivity contribution >= 4 is 5.78 Å². The summed E-state index contributed by atoms with van der Waals surface area (Å²) in [6, 6.07) is 12.7. The number of rotatable bonds is 3. The molecule has 0 radical (unpaired) electrons. The van der Waals surface area contributed by atoms with E-state index in [1.807, 2.05) is 6.07 Å². The average molecular weight is 278 g/mol. The maximum absolute atomic E-state index is 4.63. The van der Waals surface area contributed by atoms with E-state index >= 15 is 0 Å². The number of imidazole rings is 1. The molecule has 0 N–H and O–H groups in total. The van der Waals surface area contributed by atoms with Crippen LogP contribution in [-0.4, -0.2) is 32.4 Å². The Morgan fingerprint density at radius 2 is 2.00 bits per heavy atom. The van der Waals surface area contributed by atoms with Crippen molar-refractivity contribution in [3.8, 4) is 0 Å². The Morgan fingerprint density at radius 1 is 1.10 bits per heavy atom. The first kappa shape index (κ1) is 12.5. The lowest BCUT2D eigenvalue weighted by atomic mass is 10.1. The second kappa shape index (κ2) is 5.30. The fourth-order valence-electron chi connectivity index (χ4n) is 3.03. The second-order valence-electron chi connectivity index (χ2n) is 5.56. The number of hydrogen-bond acceptors (Lipinski definition) is 3. The lowest BCUT2D eigenvalue weighted by Gasteiger charge is -2.26. The average Bonchev–Trinajstić information content (AvgIpc) is 2.92. The van der Waals surface area contributed by atoms with Gasteiger partial charge in [-0.15, -0.1) is 0 Å². The molecule has 0 fully saturated rings.